The van der Waals surface area contributed by atoms with Gasteiger partial charge in [-0.2, -0.15) is 5.10 Å². The number of aromatic nitrogens is 2. The molecule has 1 N–H and O–H groups in total. The zero-order valence-corrected chi connectivity index (χ0v) is 14.8. The van der Waals surface area contributed by atoms with Crippen LogP contribution in [0.2, 0.25) is 0 Å². The Morgan fingerprint density at radius 2 is 2.19 bits per heavy atom. The van der Waals surface area contributed by atoms with Gasteiger partial charge in [-0.3, -0.25) is 4.79 Å². The van der Waals surface area contributed by atoms with Gasteiger partial charge in [-0.1, -0.05) is 11.8 Å². The number of benzene rings is 1. The Hall–Kier alpha value is -2.94. The summed E-state index contributed by atoms with van der Waals surface area (Å²) in [4.78, 5) is 16.8. The second-order valence-corrected chi connectivity index (χ2v) is 6.25. The van der Waals surface area contributed by atoms with Crippen LogP contribution in [-0.2, 0) is 11.3 Å². The van der Waals surface area contributed by atoms with Crippen LogP contribution in [0.4, 0.5) is 0 Å². The second kappa shape index (κ2) is 7.12. The van der Waals surface area contributed by atoms with E-state index in [2.05, 4.69) is 15.5 Å². The maximum Gasteiger partial charge on any atom is 0.260 e. The highest BCUT2D eigenvalue weighted by molar-refractivity contribution is 7.98. The molecule has 0 radical (unpaired) electrons. The van der Waals surface area contributed by atoms with Gasteiger partial charge in [0, 0.05) is 12.1 Å². The average Bonchev–Trinajstić information content (AvgIpc) is 3.28. The summed E-state index contributed by atoms with van der Waals surface area (Å²) in [5.74, 6) is 1.63. The second-order valence-electron chi connectivity index (χ2n) is 5.48. The fraction of sp³-hybridized carbons (Fsp3) is 0.235. The minimum atomic E-state index is -0.266. The number of nitrogens with zero attached hydrogens (tertiary/aromatic N) is 3. The first-order valence-corrected chi connectivity index (χ1v) is 9.16. The molecule has 0 fully saturated rings. The molecule has 0 spiro atoms. The van der Waals surface area contributed by atoms with Crippen molar-refractivity contribution >= 4 is 34.9 Å². The van der Waals surface area contributed by atoms with Gasteiger partial charge in [0.1, 0.15) is 25.5 Å². The summed E-state index contributed by atoms with van der Waals surface area (Å²) in [5, 5.41) is 4.63. The minimum absolute atomic E-state index is 0.0851. The number of thioether (sulfide) groups is 1. The minimum Gasteiger partial charge on any atom is -0.486 e. The molecule has 1 aliphatic rings. The van der Waals surface area contributed by atoms with Crippen molar-refractivity contribution in [2.45, 2.75) is 11.7 Å². The van der Waals surface area contributed by atoms with Gasteiger partial charge in [0.05, 0.1) is 23.5 Å². The summed E-state index contributed by atoms with van der Waals surface area (Å²) >= 11 is 1.46. The quantitative estimate of drug-likeness (QED) is 0.420. The average molecular weight is 372 g/mol. The molecule has 1 aromatic carbocycles. The molecule has 3 aromatic rings. The van der Waals surface area contributed by atoms with E-state index in [9.17, 15) is 4.79 Å². The Morgan fingerprint density at radius 1 is 1.38 bits per heavy atom. The molecule has 0 saturated carbocycles. The molecule has 1 aliphatic heterocycles. The summed E-state index contributed by atoms with van der Waals surface area (Å²) in [6, 6.07) is 7.19. The number of hydrogen-bond acceptors (Lipinski definition) is 7. The molecular weight excluding hydrogens is 356 g/mol. The van der Waals surface area contributed by atoms with Crippen LogP contribution in [0.25, 0.3) is 11.0 Å². The van der Waals surface area contributed by atoms with Gasteiger partial charge in [-0.25, -0.2) is 10.4 Å². The molecular formula is C17H16N4O4S. The molecule has 0 unspecified atom stereocenters. The monoisotopic (exact) mass is 372 g/mol. The van der Waals surface area contributed by atoms with E-state index in [1.807, 2.05) is 23.0 Å². The van der Waals surface area contributed by atoms with Crippen LogP contribution in [0, 0.1) is 0 Å². The standard InChI is InChI=1S/C17H16N4O4S/c1-26-17-19-12-7-14-15(25-6-5-24-14)8-13(12)21(17)10-16(22)20-18-9-11-3-2-4-23-11/h2-4,7-9H,5-6,10H2,1H3,(H,20,22)/b18-9+. The lowest BCUT2D eigenvalue weighted by molar-refractivity contribution is -0.121. The Kier molecular flexibility index (Phi) is 4.53. The topological polar surface area (TPSA) is 90.9 Å². The van der Waals surface area contributed by atoms with Gasteiger partial charge in [0.15, 0.2) is 16.7 Å². The first-order chi connectivity index (χ1) is 12.7. The van der Waals surface area contributed by atoms with Crippen molar-refractivity contribution in [1.29, 1.82) is 0 Å². The number of carbonyl (C=O) groups excluding carboxylic acids is 1. The van der Waals surface area contributed by atoms with Gasteiger partial charge in [-0.05, 0) is 18.4 Å². The summed E-state index contributed by atoms with van der Waals surface area (Å²) in [6.07, 6.45) is 4.90. The lowest BCUT2D eigenvalue weighted by atomic mass is 10.2. The SMILES string of the molecule is CSc1nc2cc3c(cc2n1CC(=O)N/N=C/c1ccco1)OCCO3. The molecule has 0 saturated heterocycles. The number of ether oxygens (including phenoxy) is 2. The third-order valence-electron chi connectivity index (χ3n) is 3.79. The molecule has 1 amide bonds. The summed E-state index contributed by atoms with van der Waals surface area (Å²) in [6.45, 7) is 1.11. The third kappa shape index (κ3) is 3.25. The number of hydrogen-bond donors (Lipinski definition) is 1. The molecule has 134 valence electrons. The van der Waals surface area contributed by atoms with Gasteiger partial charge < -0.3 is 18.5 Å². The van der Waals surface area contributed by atoms with E-state index in [0.717, 1.165) is 16.2 Å². The Balaban J connectivity index is 1.57. The van der Waals surface area contributed by atoms with E-state index < -0.39 is 0 Å². The van der Waals surface area contributed by atoms with Crippen LogP contribution in [0.5, 0.6) is 11.5 Å². The number of fused-ring (bicyclic) bond motifs is 2. The van der Waals surface area contributed by atoms with Crippen LogP contribution in [0.3, 0.4) is 0 Å². The van der Waals surface area contributed by atoms with Crippen molar-refractivity contribution < 1.29 is 18.7 Å². The maximum absolute atomic E-state index is 12.3. The predicted octanol–water partition coefficient (Wildman–Crippen LogP) is 2.27. The highest BCUT2D eigenvalue weighted by atomic mass is 32.2. The van der Waals surface area contributed by atoms with Gasteiger partial charge in [0.25, 0.3) is 5.91 Å². The number of nitrogens with one attached hydrogen (secondary N) is 1. The van der Waals surface area contributed by atoms with E-state index in [0.29, 0.717) is 30.5 Å². The number of furan rings is 1. The van der Waals surface area contributed by atoms with Gasteiger partial charge in [0.2, 0.25) is 0 Å². The number of hydrazone groups is 1. The molecule has 26 heavy (non-hydrogen) atoms. The highest BCUT2D eigenvalue weighted by Crippen LogP contribution is 2.35. The first-order valence-electron chi connectivity index (χ1n) is 7.94. The van der Waals surface area contributed by atoms with Crippen molar-refractivity contribution in [2.75, 3.05) is 19.5 Å². The third-order valence-corrected chi connectivity index (χ3v) is 4.46. The Bertz CT molecular complexity index is 965. The van der Waals surface area contributed by atoms with Crippen molar-refractivity contribution in [3.8, 4) is 11.5 Å². The van der Waals surface area contributed by atoms with E-state index in [-0.39, 0.29) is 12.5 Å². The van der Waals surface area contributed by atoms with Crippen LogP contribution < -0.4 is 14.9 Å². The number of carbonyl (C=O) groups is 1. The number of imidazole rings is 1. The fourth-order valence-electron chi connectivity index (χ4n) is 2.66. The molecule has 4 rings (SSSR count). The normalized spacial score (nSPS) is 13.4. The maximum atomic E-state index is 12.3. The van der Waals surface area contributed by atoms with Crippen LogP contribution in [0.1, 0.15) is 5.76 Å². The summed E-state index contributed by atoms with van der Waals surface area (Å²) in [7, 11) is 0. The van der Waals surface area contributed by atoms with Gasteiger partial charge in [-0.15, -0.1) is 0 Å². The van der Waals surface area contributed by atoms with E-state index in [4.69, 9.17) is 13.9 Å². The van der Waals surface area contributed by atoms with Gasteiger partial charge >= 0.3 is 0 Å². The van der Waals surface area contributed by atoms with E-state index in [1.54, 1.807) is 12.1 Å². The predicted molar refractivity (Wildman–Crippen MR) is 96.9 cm³/mol. The first kappa shape index (κ1) is 16.5. The lowest BCUT2D eigenvalue weighted by Gasteiger charge is -2.18. The van der Waals surface area contributed by atoms with Crippen LogP contribution >= 0.6 is 11.8 Å². The van der Waals surface area contributed by atoms with Crippen LogP contribution in [0.15, 0.2) is 45.2 Å². The Morgan fingerprint density at radius 3 is 2.92 bits per heavy atom. The van der Waals surface area contributed by atoms with Crippen LogP contribution in [-0.4, -0.2) is 41.1 Å². The smallest absolute Gasteiger partial charge is 0.260 e. The van der Waals surface area contributed by atoms with Crippen molar-refractivity contribution in [2.24, 2.45) is 5.10 Å². The Labute approximate surface area is 153 Å². The van der Waals surface area contributed by atoms with E-state index >= 15 is 0 Å². The molecule has 9 heteroatoms. The zero-order chi connectivity index (χ0) is 17.9. The summed E-state index contributed by atoms with van der Waals surface area (Å²) in [5.41, 5.74) is 4.06. The molecule has 0 bridgehead atoms. The highest BCUT2D eigenvalue weighted by Gasteiger charge is 2.19. The van der Waals surface area contributed by atoms with Crippen molar-refractivity contribution in [3.05, 3.63) is 36.3 Å². The largest absolute Gasteiger partial charge is 0.486 e. The fourth-order valence-corrected chi connectivity index (χ4v) is 3.23. The number of rotatable bonds is 5. The summed E-state index contributed by atoms with van der Waals surface area (Å²) < 4.78 is 18.2. The molecule has 0 aliphatic carbocycles. The van der Waals surface area contributed by atoms with Crippen molar-refractivity contribution in [1.82, 2.24) is 15.0 Å². The van der Waals surface area contributed by atoms with Crippen molar-refractivity contribution in [3.63, 3.8) is 0 Å². The molecule has 0 atom stereocenters. The molecule has 2 aromatic heterocycles. The molecule has 3 heterocycles. The van der Waals surface area contributed by atoms with E-state index in [1.165, 1.54) is 24.2 Å². The zero-order valence-electron chi connectivity index (χ0n) is 14.0. The molecule has 8 nitrogen and oxygen atoms in total. The number of amides is 1. The lowest BCUT2D eigenvalue weighted by Crippen LogP contribution is -2.23.